The fourth-order valence-electron chi connectivity index (χ4n) is 2.87. The molecule has 1 saturated carbocycles. The summed E-state index contributed by atoms with van der Waals surface area (Å²) in [6.45, 7) is 0. The van der Waals surface area contributed by atoms with Gasteiger partial charge in [0.2, 0.25) is 0 Å². The first kappa shape index (κ1) is 15.2. The van der Waals surface area contributed by atoms with Gasteiger partial charge < -0.3 is 14.8 Å². The zero-order valence-electron chi connectivity index (χ0n) is 13.0. The standard InChI is InChI=1S/C19H13FN2O3/c20-11-6-7-15-12(8-11)17-14(2-1-3-16(17)25-15)22-19(24)13(9-21)18(23)10-4-5-10/h1-3,6-8,10,23H,4-5H2,(H,22,24)/b18-13-. The molecule has 1 amide bonds. The van der Waals surface area contributed by atoms with Gasteiger partial charge in [-0.15, -0.1) is 0 Å². The van der Waals surface area contributed by atoms with Crippen LogP contribution < -0.4 is 5.32 Å². The van der Waals surface area contributed by atoms with E-state index in [0.717, 1.165) is 12.8 Å². The Morgan fingerprint density at radius 2 is 2.08 bits per heavy atom. The van der Waals surface area contributed by atoms with Crippen molar-refractivity contribution in [2.45, 2.75) is 12.8 Å². The topological polar surface area (TPSA) is 86.3 Å². The average molecular weight is 336 g/mol. The number of nitrogens with one attached hydrogen (secondary N) is 1. The van der Waals surface area contributed by atoms with Crippen LogP contribution in [0.1, 0.15) is 12.8 Å². The van der Waals surface area contributed by atoms with Gasteiger partial charge in [0.25, 0.3) is 5.91 Å². The highest BCUT2D eigenvalue weighted by molar-refractivity contribution is 6.17. The first-order valence-corrected chi connectivity index (χ1v) is 7.84. The van der Waals surface area contributed by atoms with Crippen LogP contribution >= 0.6 is 0 Å². The molecule has 0 spiro atoms. The maximum atomic E-state index is 13.6. The molecule has 1 heterocycles. The van der Waals surface area contributed by atoms with Crippen molar-refractivity contribution in [3.8, 4) is 6.07 Å². The maximum absolute atomic E-state index is 13.6. The molecule has 0 aliphatic heterocycles. The average Bonchev–Trinajstić information content (AvgIpc) is 3.37. The molecule has 1 aromatic heterocycles. The van der Waals surface area contributed by atoms with Gasteiger partial charge in [-0.3, -0.25) is 4.79 Å². The molecule has 5 nitrogen and oxygen atoms in total. The number of carbonyl (C=O) groups is 1. The molecule has 0 saturated heterocycles. The molecular weight excluding hydrogens is 323 g/mol. The fraction of sp³-hybridized carbons (Fsp3) is 0.158. The second kappa shape index (κ2) is 5.64. The van der Waals surface area contributed by atoms with Crippen molar-refractivity contribution in [1.82, 2.24) is 0 Å². The Kier molecular flexibility index (Phi) is 3.43. The van der Waals surface area contributed by atoms with E-state index in [2.05, 4.69) is 5.32 Å². The molecule has 3 aromatic rings. The number of amides is 1. The number of carbonyl (C=O) groups excluding carboxylic acids is 1. The second-order valence-electron chi connectivity index (χ2n) is 6.02. The minimum Gasteiger partial charge on any atom is -0.510 e. The van der Waals surface area contributed by atoms with E-state index in [-0.39, 0.29) is 17.3 Å². The minimum absolute atomic E-state index is 0.111. The molecule has 1 fully saturated rings. The number of anilines is 1. The predicted octanol–water partition coefficient (Wildman–Crippen LogP) is 4.41. The molecule has 124 valence electrons. The van der Waals surface area contributed by atoms with Crippen molar-refractivity contribution in [2.24, 2.45) is 5.92 Å². The summed E-state index contributed by atoms with van der Waals surface area (Å²) in [6.07, 6.45) is 1.54. The van der Waals surface area contributed by atoms with Gasteiger partial charge >= 0.3 is 0 Å². The number of rotatable bonds is 3. The number of halogens is 1. The Labute approximate surface area is 142 Å². The van der Waals surface area contributed by atoms with Gasteiger partial charge in [-0.1, -0.05) is 6.07 Å². The van der Waals surface area contributed by atoms with Crippen molar-refractivity contribution in [1.29, 1.82) is 5.26 Å². The number of allylic oxidation sites excluding steroid dienone is 1. The molecule has 0 atom stereocenters. The molecule has 4 rings (SSSR count). The predicted molar refractivity (Wildman–Crippen MR) is 90.3 cm³/mol. The number of aliphatic hydroxyl groups excluding tert-OH is 1. The van der Waals surface area contributed by atoms with Gasteiger partial charge in [-0.05, 0) is 43.2 Å². The third-order valence-corrected chi connectivity index (χ3v) is 4.26. The van der Waals surface area contributed by atoms with Crippen LogP contribution in [0.25, 0.3) is 21.9 Å². The second-order valence-corrected chi connectivity index (χ2v) is 6.02. The lowest BCUT2D eigenvalue weighted by molar-refractivity contribution is -0.112. The summed E-state index contributed by atoms with van der Waals surface area (Å²) in [5.74, 6) is -1.39. The van der Waals surface area contributed by atoms with Gasteiger partial charge in [-0.25, -0.2) is 4.39 Å². The third-order valence-electron chi connectivity index (χ3n) is 4.26. The zero-order chi connectivity index (χ0) is 17.6. The van der Waals surface area contributed by atoms with E-state index >= 15 is 0 Å². The van der Waals surface area contributed by atoms with E-state index in [1.807, 2.05) is 0 Å². The van der Waals surface area contributed by atoms with Gasteiger partial charge in [0, 0.05) is 11.3 Å². The first-order valence-electron chi connectivity index (χ1n) is 7.84. The summed E-state index contributed by atoms with van der Waals surface area (Å²) >= 11 is 0. The largest absolute Gasteiger partial charge is 0.510 e. The lowest BCUT2D eigenvalue weighted by Gasteiger charge is -2.07. The smallest absolute Gasteiger partial charge is 0.269 e. The normalized spacial score (nSPS) is 15.0. The van der Waals surface area contributed by atoms with Gasteiger partial charge in [0.05, 0.1) is 11.1 Å². The summed E-state index contributed by atoms with van der Waals surface area (Å²) < 4.78 is 19.3. The number of hydrogen-bond donors (Lipinski definition) is 2. The van der Waals surface area contributed by atoms with Gasteiger partial charge in [0.15, 0.2) is 5.57 Å². The number of nitrogens with zero attached hydrogens (tertiary/aromatic N) is 1. The Balaban J connectivity index is 1.80. The number of fused-ring (bicyclic) bond motifs is 3. The molecular formula is C19H13FN2O3. The molecule has 1 aliphatic carbocycles. The monoisotopic (exact) mass is 336 g/mol. The number of furan rings is 1. The van der Waals surface area contributed by atoms with Crippen LogP contribution in [0.5, 0.6) is 0 Å². The first-order chi connectivity index (χ1) is 12.1. The molecule has 2 N–H and O–H groups in total. The SMILES string of the molecule is N#C/C(C(=O)Nc1cccc2oc3ccc(F)cc3c12)=C(/O)C1CC1. The molecule has 0 unspecified atom stereocenters. The zero-order valence-corrected chi connectivity index (χ0v) is 13.0. The van der Waals surface area contributed by atoms with E-state index in [0.29, 0.717) is 27.6 Å². The summed E-state index contributed by atoms with van der Waals surface area (Å²) in [7, 11) is 0. The van der Waals surface area contributed by atoms with Crippen molar-refractivity contribution >= 4 is 33.5 Å². The lowest BCUT2D eigenvalue weighted by atomic mass is 10.1. The summed E-state index contributed by atoms with van der Waals surface area (Å²) in [5.41, 5.74) is 1.09. The molecule has 2 aromatic carbocycles. The molecule has 25 heavy (non-hydrogen) atoms. The van der Waals surface area contributed by atoms with Crippen LogP contribution in [0.4, 0.5) is 10.1 Å². The van der Waals surface area contributed by atoms with E-state index in [1.54, 1.807) is 24.3 Å². The highest BCUT2D eigenvalue weighted by atomic mass is 19.1. The number of benzene rings is 2. The van der Waals surface area contributed by atoms with Crippen molar-refractivity contribution in [3.63, 3.8) is 0 Å². The molecule has 6 heteroatoms. The quantitative estimate of drug-likeness (QED) is 0.421. The summed E-state index contributed by atoms with van der Waals surface area (Å²) in [6, 6.07) is 11.0. The number of hydrogen-bond acceptors (Lipinski definition) is 4. The molecule has 0 radical (unpaired) electrons. The van der Waals surface area contributed by atoms with Crippen LogP contribution in [0, 0.1) is 23.1 Å². The highest BCUT2D eigenvalue weighted by Crippen LogP contribution is 2.37. The van der Waals surface area contributed by atoms with Crippen LogP contribution in [0.2, 0.25) is 0 Å². The van der Waals surface area contributed by atoms with Crippen molar-refractivity contribution in [3.05, 3.63) is 53.5 Å². The molecule has 0 bridgehead atoms. The van der Waals surface area contributed by atoms with E-state index in [9.17, 15) is 19.6 Å². The minimum atomic E-state index is -0.690. The van der Waals surface area contributed by atoms with Crippen LogP contribution in [0.3, 0.4) is 0 Å². The fourth-order valence-corrected chi connectivity index (χ4v) is 2.87. The van der Waals surface area contributed by atoms with E-state index in [4.69, 9.17) is 4.42 Å². The Bertz CT molecular complexity index is 1090. The van der Waals surface area contributed by atoms with Gasteiger partial charge in [-0.2, -0.15) is 5.26 Å². The van der Waals surface area contributed by atoms with E-state index in [1.165, 1.54) is 18.2 Å². The number of nitriles is 1. The Morgan fingerprint density at radius 1 is 1.28 bits per heavy atom. The van der Waals surface area contributed by atoms with Crippen LogP contribution in [0.15, 0.2) is 52.1 Å². The molecule has 1 aliphatic rings. The van der Waals surface area contributed by atoms with Crippen molar-refractivity contribution in [2.75, 3.05) is 5.32 Å². The Hall–Kier alpha value is -3.33. The summed E-state index contributed by atoms with van der Waals surface area (Å²) in [4.78, 5) is 12.4. The van der Waals surface area contributed by atoms with Crippen molar-refractivity contribution < 1.29 is 18.7 Å². The van der Waals surface area contributed by atoms with E-state index < -0.39 is 11.7 Å². The van der Waals surface area contributed by atoms with Gasteiger partial charge in [0.1, 0.15) is 28.8 Å². The summed E-state index contributed by atoms with van der Waals surface area (Å²) in [5, 5.41) is 22.9. The maximum Gasteiger partial charge on any atom is 0.269 e. The number of aliphatic hydroxyl groups is 1. The third kappa shape index (κ3) is 2.60. The Morgan fingerprint density at radius 3 is 2.80 bits per heavy atom. The highest BCUT2D eigenvalue weighted by Gasteiger charge is 2.31. The van der Waals surface area contributed by atoms with Crippen LogP contribution in [-0.4, -0.2) is 11.0 Å². The van der Waals surface area contributed by atoms with Crippen LogP contribution in [-0.2, 0) is 4.79 Å². The lowest BCUT2D eigenvalue weighted by Crippen LogP contribution is -2.16.